The zero-order chi connectivity index (χ0) is 14.2. The third kappa shape index (κ3) is 2.38. The highest BCUT2D eigenvalue weighted by molar-refractivity contribution is 5.95. The van der Waals surface area contributed by atoms with Crippen molar-refractivity contribution >= 4 is 5.78 Å². The molecule has 4 heteroatoms. The number of Topliss-reactive ketones (excluding diaryl/α,β-unsaturated/α-hetero) is 1. The van der Waals surface area contributed by atoms with Crippen LogP contribution >= 0.6 is 0 Å². The van der Waals surface area contributed by atoms with Crippen LogP contribution in [-0.4, -0.2) is 15.6 Å². The molecule has 19 heavy (non-hydrogen) atoms. The molecule has 0 radical (unpaired) electrons. The van der Waals surface area contributed by atoms with Gasteiger partial charge in [0.25, 0.3) is 5.56 Å². The van der Waals surface area contributed by atoms with Crippen LogP contribution in [-0.2, 0) is 5.41 Å². The molecule has 100 valence electrons. The first-order valence-electron chi connectivity index (χ1n) is 6.24. The summed E-state index contributed by atoms with van der Waals surface area (Å²) in [5, 5.41) is 3.07. The summed E-state index contributed by atoms with van der Waals surface area (Å²) in [7, 11) is 0. The number of carbonyl (C=O) groups is 1. The lowest BCUT2D eigenvalue weighted by Crippen LogP contribution is -2.21. The van der Waals surface area contributed by atoms with Gasteiger partial charge in [-0.2, -0.15) is 0 Å². The minimum absolute atomic E-state index is 0.208. The Kier molecular flexibility index (Phi) is 3.18. The molecule has 1 aromatic carbocycles. The normalized spacial score (nSPS) is 11.6. The Morgan fingerprint density at radius 1 is 1.16 bits per heavy atom. The smallest absolute Gasteiger partial charge is 0.282 e. The first kappa shape index (κ1) is 13.3. The zero-order valence-electron chi connectivity index (χ0n) is 11.7. The van der Waals surface area contributed by atoms with E-state index in [9.17, 15) is 9.59 Å². The molecule has 0 aliphatic carbocycles. The summed E-state index contributed by atoms with van der Waals surface area (Å²) in [6.45, 7) is 7.34. The van der Waals surface area contributed by atoms with Crippen LogP contribution in [0.25, 0.3) is 5.69 Å². The summed E-state index contributed by atoms with van der Waals surface area (Å²) in [6.07, 6.45) is 0. The SMILES string of the molecule is CC(=O)c1c(C(C)(C)C)[nH]n(-c2ccccc2)c1=O. The summed E-state index contributed by atoms with van der Waals surface area (Å²) < 4.78 is 1.43. The van der Waals surface area contributed by atoms with Crippen LogP contribution in [0.15, 0.2) is 35.1 Å². The molecule has 2 aromatic rings. The number of nitrogens with zero attached hydrogens (tertiary/aromatic N) is 1. The van der Waals surface area contributed by atoms with Crippen LogP contribution in [0.4, 0.5) is 0 Å². The molecular weight excluding hydrogens is 240 g/mol. The number of ketones is 1. The predicted octanol–water partition coefficient (Wildman–Crippen LogP) is 2.67. The van der Waals surface area contributed by atoms with Gasteiger partial charge in [-0.05, 0) is 19.1 Å². The van der Waals surface area contributed by atoms with E-state index in [4.69, 9.17) is 0 Å². The third-order valence-corrected chi connectivity index (χ3v) is 3.01. The molecule has 0 amide bonds. The van der Waals surface area contributed by atoms with Crippen LogP contribution in [0.5, 0.6) is 0 Å². The van der Waals surface area contributed by atoms with Gasteiger partial charge in [-0.15, -0.1) is 0 Å². The molecule has 1 heterocycles. The molecule has 0 spiro atoms. The van der Waals surface area contributed by atoms with Gasteiger partial charge in [0, 0.05) is 5.41 Å². The molecule has 0 aliphatic heterocycles. The quantitative estimate of drug-likeness (QED) is 0.842. The van der Waals surface area contributed by atoms with Crippen LogP contribution in [0, 0.1) is 0 Å². The van der Waals surface area contributed by atoms with Gasteiger partial charge in [0.1, 0.15) is 5.56 Å². The van der Waals surface area contributed by atoms with Gasteiger partial charge in [0.15, 0.2) is 5.78 Å². The molecule has 0 bridgehead atoms. The summed E-state index contributed by atoms with van der Waals surface area (Å²) in [6, 6.07) is 9.25. The molecule has 0 saturated carbocycles. The Labute approximate surface area is 112 Å². The van der Waals surface area contributed by atoms with E-state index in [1.165, 1.54) is 11.6 Å². The number of para-hydroxylation sites is 1. The molecule has 2 rings (SSSR count). The van der Waals surface area contributed by atoms with Crippen LogP contribution in [0.2, 0.25) is 0 Å². The van der Waals surface area contributed by atoms with Gasteiger partial charge < -0.3 is 0 Å². The van der Waals surface area contributed by atoms with E-state index >= 15 is 0 Å². The van der Waals surface area contributed by atoms with Crippen molar-refractivity contribution in [2.45, 2.75) is 33.1 Å². The van der Waals surface area contributed by atoms with E-state index < -0.39 is 0 Å². The predicted molar refractivity (Wildman–Crippen MR) is 75.1 cm³/mol. The highest BCUT2D eigenvalue weighted by Gasteiger charge is 2.27. The molecule has 1 N–H and O–H groups in total. The number of rotatable bonds is 2. The van der Waals surface area contributed by atoms with Gasteiger partial charge in [-0.3, -0.25) is 14.7 Å². The lowest BCUT2D eigenvalue weighted by atomic mass is 9.88. The van der Waals surface area contributed by atoms with E-state index in [2.05, 4.69) is 5.10 Å². The van der Waals surface area contributed by atoms with E-state index in [0.29, 0.717) is 5.69 Å². The lowest BCUT2D eigenvalue weighted by molar-refractivity contribution is 0.101. The second-order valence-corrected chi connectivity index (χ2v) is 5.64. The minimum Gasteiger partial charge on any atom is -0.294 e. The highest BCUT2D eigenvalue weighted by atomic mass is 16.2. The number of carbonyl (C=O) groups excluding carboxylic acids is 1. The number of aromatic amines is 1. The zero-order valence-corrected chi connectivity index (χ0v) is 11.7. The second-order valence-electron chi connectivity index (χ2n) is 5.64. The Hall–Kier alpha value is -2.10. The fourth-order valence-electron chi connectivity index (χ4n) is 2.07. The van der Waals surface area contributed by atoms with Gasteiger partial charge in [-0.25, -0.2) is 4.68 Å². The molecule has 0 saturated heterocycles. The lowest BCUT2D eigenvalue weighted by Gasteiger charge is -2.17. The summed E-state index contributed by atoms with van der Waals surface area (Å²) >= 11 is 0. The van der Waals surface area contributed by atoms with Crippen LogP contribution in [0.3, 0.4) is 0 Å². The van der Waals surface area contributed by atoms with Crippen molar-refractivity contribution in [2.24, 2.45) is 0 Å². The largest absolute Gasteiger partial charge is 0.294 e. The van der Waals surface area contributed by atoms with Crippen molar-refractivity contribution < 1.29 is 4.79 Å². The van der Waals surface area contributed by atoms with Crippen molar-refractivity contribution in [3.8, 4) is 5.69 Å². The molecule has 0 aliphatic rings. The average Bonchev–Trinajstić information content (AvgIpc) is 2.68. The number of aromatic nitrogens is 2. The number of hydrogen-bond donors (Lipinski definition) is 1. The average molecular weight is 258 g/mol. The van der Waals surface area contributed by atoms with E-state index in [-0.39, 0.29) is 22.3 Å². The minimum atomic E-state index is -0.291. The number of benzene rings is 1. The third-order valence-electron chi connectivity index (χ3n) is 3.01. The maximum atomic E-state index is 12.4. The number of nitrogens with one attached hydrogen (secondary N) is 1. The second kappa shape index (κ2) is 4.53. The standard InChI is InChI=1S/C15H18N2O2/c1-10(18)12-13(15(2,3)4)16-17(14(12)19)11-8-6-5-7-9-11/h5-9,16H,1-4H3. The molecule has 0 fully saturated rings. The summed E-state index contributed by atoms with van der Waals surface area (Å²) in [5.74, 6) is -0.208. The molecular formula is C15H18N2O2. The Morgan fingerprint density at radius 2 is 1.74 bits per heavy atom. The van der Waals surface area contributed by atoms with Crippen molar-refractivity contribution in [1.29, 1.82) is 0 Å². The van der Waals surface area contributed by atoms with Crippen LogP contribution < -0.4 is 5.56 Å². The van der Waals surface area contributed by atoms with E-state index in [0.717, 1.165) is 5.69 Å². The van der Waals surface area contributed by atoms with Gasteiger partial charge in [0.2, 0.25) is 0 Å². The van der Waals surface area contributed by atoms with Crippen LogP contribution in [0.1, 0.15) is 43.7 Å². The summed E-state index contributed by atoms with van der Waals surface area (Å²) in [4.78, 5) is 24.1. The van der Waals surface area contributed by atoms with E-state index in [1.54, 1.807) is 0 Å². The highest BCUT2D eigenvalue weighted by Crippen LogP contribution is 2.23. The summed E-state index contributed by atoms with van der Waals surface area (Å²) in [5.41, 5.74) is 1.07. The molecule has 0 atom stereocenters. The molecule has 0 unspecified atom stereocenters. The first-order valence-corrected chi connectivity index (χ1v) is 6.24. The monoisotopic (exact) mass is 258 g/mol. The molecule has 4 nitrogen and oxygen atoms in total. The number of H-pyrrole nitrogens is 1. The maximum Gasteiger partial charge on any atom is 0.282 e. The Morgan fingerprint density at radius 3 is 2.16 bits per heavy atom. The molecule has 1 aromatic heterocycles. The fraction of sp³-hybridized carbons (Fsp3) is 0.333. The Balaban J connectivity index is 2.74. The fourth-order valence-corrected chi connectivity index (χ4v) is 2.07. The van der Waals surface area contributed by atoms with Gasteiger partial charge >= 0.3 is 0 Å². The van der Waals surface area contributed by atoms with Gasteiger partial charge in [-0.1, -0.05) is 39.0 Å². The van der Waals surface area contributed by atoms with Gasteiger partial charge in [0.05, 0.1) is 11.4 Å². The maximum absolute atomic E-state index is 12.4. The number of hydrogen-bond acceptors (Lipinski definition) is 2. The van der Waals surface area contributed by atoms with Crippen molar-refractivity contribution in [2.75, 3.05) is 0 Å². The van der Waals surface area contributed by atoms with E-state index in [1.807, 2.05) is 51.1 Å². The van der Waals surface area contributed by atoms with Crippen molar-refractivity contribution in [3.63, 3.8) is 0 Å². The Bertz CT molecular complexity index is 658. The first-order chi connectivity index (χ1) is 8.82. The van der Waals surface area contributed by atoms with Crippen molar-refractivity contribution in [1.82, 2.24) is 9.78 Å². The van der Waals surface area contributed by atoms with Crippen molar-refractivity contribution in [3.05, 3.63) is 51.9 Å². The topological polar surface area (TPSA) is 54.9 Å².